The molecule has 0 aliphatic carbocycles. The molecule has 0 aliphatic heterocycles. The molecule has 0 aromatic carbocycles. The third-order valence-electron chi connectivity index (χ3n) is 2.40. The average molecular weight is 285 g/mol. The number of H-pyrrole nitrogens is 1. The number of sulfone groups is 1. The van der Waals surface area contributed by atoms with E-state index in [9.17, 15) is 8.42 Å². The number of tetrazole rings is 1. The fourth-order valence-corrected chi connectivity index (χ4v) is 2.36. The van der Waals surface area contributed by atoms with Crippen LogP contribution in [0.1, 0.15) is 38.3 Å². The van der Waals surface area contributed by atoms with E-state index in [1.54, 1.807) is 0 Å². The highest BCUT2D eigenvalue weighted by Gasteiger charge is 2.24. The summed E-state index contributed by atoms with van der Waals surface area (Å²) in [5.41, 5.74) is 0. The van der Waals surface area contributed by atoms with E-state index in [-0.39, 0.29) is 22.7 Å². The van der Waals surface area contributed by atoms with Crippen LogP contribution in [0.2, 0.25) is 0 Å². The van der Waals surface area contributed by atoms with E-state index >= 15 is 0 Å². The van der Waals surface area contributed by atoms with E-state index in [0.717, 1.165) is 0 Å². The average Bonchev–Trinajstić information content (AvgIpc) is 2.95. The molecule has 0 amide bonds. The van der Waals surface area contributed by atoms with Crippen LogP contribution in [0.5, 0.6) is 0 Å². The van der Waals surface area contributed by atoms with Crippen LogP contribution in [0.15, 0.2) is 5.16 Å². The van der Waals surface area contributed by atoms with E-state index in [0.29, 0.717) is 12.4 Å². The number of nitrogens with one attached hydrogen (secondary N) is 1. The Labute approximate surface area is 110 Å². The lowest BCUT2D eigenvalue weighted by molar-refractivity contribution is 0.550. The van der Waals surface area contributed by atoms with E-state index < -0.39 is 9.84 Å². The van der Waals surface area contributed by atoms with Gasteiger partial charge >= 0.3 is 0 Å². The molecule has 19 heavy (non-hydrogen) atoms. The number of hydrogen-bond donors (Lipinski definition) is 1. The minimum Gasteiger partial charge on any atom is -0.262 e. The largest absolute Gasteiger partial charge is 0.267 e. The quantitative estimate of drug-likeness (QED) is 0.815. The molecular formula is C9H15N7O2S. The Morgan fingerprint density at radius 2 is 2.11 bits per heavy atom. The second-order valence-corrected chi connectivity index (χ2v) is 6.19. The Kier molecular flexibility index (Phi) is 3.60. The molecule has 0 radical (unpaired) electrons. The second-order valence-electron chi connectivity index (χ2n) is 4.31. The highest BCUT2D eigenvalue weighted by molar-refractivity contribution is 7.90. The van der Waals surface area contributed by atoms with E-state index in [4.69, 9.17) is 0 Å². The molecule has 10 heteroatoms. The van der Waals surface area contributed by atoms with E-state index in [1.165, 1.54) is 4.80 Å². The van der Waals surface area contributed by atoms with Crippen LogP contribution < -0.4 is 0 Å². The van der Waals surface area contributed by atoms with Crippen molar-refractivity contribution in [2.24, 2.45) is 0 Å². The molecule has 0 bridgehead atoms. The van der Waals surface area contributed by atoms with Crippen molar-refractivity contribution in [3.05, 3.63) is 11.6 Å². The number of aromatic nitrogens is 7. The van der Waals surface area contributed by atoms with Gasteiger partial charge in [0.15, 0.2) is 5.82 Å². The summed E-state index contributed by atoms with van der Waals surface area (Å²) in [5, 5.41) is 17.4. The monoisotopic (exact) mass is 285 g/mol. The fourth-order valence-electron chi connectivity index (χ4n) is 1.36. The van der Waals surface area contributed by atoms with Crippen LogP contribution in [-0.4, -0.2) is 43.8 Å². The zero-order chi connectivity index (χ0) is 14.0. The molecule has 0 unspecified atom stereocenters. The van der Waals surface area contributed by atoms with E-state index in [1.807, 2.05) is 20.8 Å². The number of hydrogen-bond acceptors (Lipinski definition) is 7. The van der Waals surface area contributed by atoms with Crippen molar-refractivity contribution in [2.75, 3.05) is 0 Å². The van der Waals surface area contributed by atoms with Crippen molar-refractivity contribution in [3.8, 4) is 0 Å². The van der Waals surface area contributed by atoms with Crippen LogP contribution in [0, 0.1) is 0 Å². The third kappa shape index (κ3) is 2.95. The van der Waals surface area contributed by atoms with Crippen LogP contribution in [-0.2, 0) is 22.1 Å². The Balaban J connectivity index is 2.21. The minimum absolute atomic E-state index is 0.0792. The maximum absolute atomic E-state index is 12.1. The summed E-state index contributed by atoms with van der Waals surface area (Å²) in [6.07, 6.45) is 0. The van der Waals surface area contributed by atoms with Gasteiger partial charge in [-0.05, 0) is 12.1 Å². The first-order chi connectivity index (χ1) is 8.92. The molecule has 0 atom stereocenters. The summed E-state index contributed by atoms with van der Waals surface area (Å²) in [7, 11) is -3.65. The summed E-state index contributed by atoms with van der Waals surface area (Å²) in [5.74, 6) is 0.389. The summed E-state index contributed by atoms with van der Waals surface area (Å²) < 4.78 is 24.1. The van der Waals surface area contributed by atoms with Gasteiger partial charge in [-0.25, -0.2) is 13.4 Å². The zero-order valence-corrected chi connectivity index (χ0v) is 11.7. The van der Waals surface area contributed by atoms with Crippen LogP contribution in [0.3, 0.4) is 0 Å². The van der Waals surface area contributed by atoms with Gasteiger partial charge in [0.05, 0.1) is 6.54 Å². The van der Waals surface area contributed by atoms with Crippen LogP contribution >= 0.6 is 0 Å². The van der Waals surface area contributed by atoms with Gasteiger partial charge in [-0.15, -0.1) is 15.3 Å². The van der Waals surface area contributed by atoms with Gasteiger partial charge in [-0.2, -0.15) is 4.80 Å². The molecular weight excluding hydrogens is 270 g/mol. The Bertz CT molecular complexity index is 658. The molecule has 2 heterocycles. The van der Waals surface area contributed by atoms with Crippen LogP contribution in [0.25, 0.3) is 0 Å². The number of aromatic amines is 1. The Morgan fingerprint density at radius 1 is 1.37 bits per heavy atom. The molecule has 0 saturated heterocycles. The molecule has 1 N–H and O–H groups in total. The predicted molar refractivity (Wildman–Crippen MR) is 64.9 cm³/mol. The third-order valence-corrected chi connectivity index (χ3v) is 3.78. The highest BCUT2D eigenvalue weighted by Crippen LogP contribution is 2.13. The highest BCUT2D eigenvalue weighted by atomic mass is 32.2. The van der Waals surface area contributed by atoms with Gasteiger partial charge in [0.25, 0.3) is 5.16 Å². The first kappa shape index (κ1) is 13.6. The lowest BCUT2D eigenvalue weighted by atomic mass is 10.2. The van der Waals surface area contributed by atoms with Crippen molar-refractivity contribution in [1.82, 2.24) is 35.4 Å². The Hall–Kier alpha value is -1.84. The summed E-state index contributed by atoms with van der Waals surface area (Å²) in [6.45, 7) is 6.16. The lowest BCUT2D eigenvalue weighted by Crippen LogP contribution is -2.09. The van der Waals surface area contributed by atoms with Gasteiger partial charge in [0.1, 0.15) is 11.6 Å². The van der Waals surface area contributed by atoms with Crippen molar-refractivity contribution >= 4 is 9.84 Å². The number of rotatable bonds is 5. The molecule has 0 fully saturated rings. The second kappa shape index (κ2) is 5.03. The molecule has 0 aliphatic rings. The molecule has 104 valence electrons. The SMILES string of the molecule is CCn1nnc(CS(=O)(=O)c2n[nH]c(C(C)C)n2)n1. The molecule has 2 aromatic rings. The van der Waals surface area contributed by atoms with Gasteiger partial charge in [0, 0.05) is 5.92 Å². The van der Waals surface area contributed by atoms with Gasteiger partial charge in [-0.3, -0.25) is 5.10 Å². The van der Waals surface area contributed by atoms with Crippen molar-refractivity contribution in [3.63, 3.8) is 0 Å². The number of nitrogens with zero attached hydrogens (tertiary/aromatic N) is 6. The molecule has 2 aromatic heterocycles. The Morgan fingerprint density at radius 3 is 2.63 bits per heavy atom. The summed E-state index contributed by atoms with van der Waals surface area (Å²) in [6, 6.07) is 0. The molecule has 9 nitrogen and oxygen atoms in total. The summed E-state index contributed by atoms with van der Waals surface area (Å²) >= 11 is 0. The van der Waals surface area contributed by atoms with Crippen molar-refractivity contribution < 1.29 is 8.42 Å². The summed E-state index contributed by atoms with van der Waals surface area (Å²) in [4.78, 5) is 5.29. The van der Waals surface area contributed by atoms with E-state index in [2.05, 4.69) is 30.6 Å². The smallest absolute Gasteiger partial charge is 0.262 e. The minimum atomic E-state index is -3.65. The standard InChI is InChI=1S/C9H15N7O2S/c1-4-16-14-7(11-15-16)5-19(17,18)9-10-8(6(2)3)12-13-9/h6H,4-5H2,1-3H3,(H,10,12,13). The zero-order valence-electron chi connectivity index (χ0n) is 10.9. The van der Waals surface area contributed by atoms with Crippen LogP contribution in [0.4, 0.5) is 0 Å². The molecule has 0 spiro atoms. The van der Waals surface area contributed by atoms with Gasteiger partial charge < -0.3 is 0 Å². The van der Waals surface area contributed by atoms with Crippen molar-refractivity contribution in [1.29, 1.82) is 0 Å². The topological polar surface area (TPSA) is 119 Å². The normalized spacial score (nSPS) is 12.2. The number of aryl methyl sites for hydroxylation is 1. The maximum atomic E-state index is 12.1. The fraction of sp³-hybridized carbons (Fsp3) is 0.667. The lowest BCUT2D eigenvalue weighted by Gasteiger charge is -1.96. The molecule has 2 rings (SSSR count). The van der Waals surface area contributed by atoms with Gasteiger partial charge in [0.2, 0.25) is 9.84 Å². The first-order valence-corrected chi connectivity index (χ1v) is 7.49. The molecule has 0 saturated carbocycles. The maximum Gasteiger partial charge on any atom is 0.267 e. The predicted octanol–water partition coefficient (Wildman–Crippen LogP) is -0.0916. The first-order valence-electron chi connectivity index (χ1n) is 5.84. The van der Waals surface area contributed by atoms with Gasteiger partial charge in [-0.1, -0.05) is 13.8 Å². The van der Waals surface area contributed by atoms with Crippen molar-refractivity contribution in [2.45, 2.75) is 44.1 Å².